The number of carbonyl (C=O) groups excluding carboxylic acids is 8. The van der Waals surface area contributed by atoms with Gasteiger partial charge in [0.05, 0.1) is 41.3 Å². The number of aliphatic hydroxyl groups is 2. The van der Waals surface area contributed by atoms with Crippen molar-refractivity contribution in [3.63, 3.8) is 0 Å². The van der Waals surface area contributed by atoms with E-state index in [0.29, 0.717) is 3.53 Å². The van der Waals surface area contributed by atoms with E-state index < -0.39 is 142 Å². The fourth-order valence-electron chi connectivity index (χ4n) is 13.6. The van der Waals surface area contributed by atoms with Crippen molar-refractivity contribution in [2.45, 2.75) is 216 Å². The fraction of sp³-hybridized carbons (Fsp3) is 0.565. The summed E-state index contributed by atoms with van der Waals surface area (Å²) >= 11 is 8.25. The van der Waals surface area contributed by atoms with E-state index in [1.165, 1.54) is 109 Å². The molecule has 1 saturated heterocycles. The molecule has 2 amide bonds. The summed E-state index contributed by atoms with van der Waals surface area (Å²) in [5.74, 6) is -8.24. The fourth-order valence-corrected chi connectivity index (χ4v) is 16.3. The van der Waals surface area contributed by atoms with Crippen molar-refractivity contribution >= 4 is 86.7 Å². The molecule has 7 rings (SSSR count). The number of nitrogens with zero attached hydrogens (tertiary/aromatic N) is 1. The van der Waals surface area contributed by atoms with E-state index in [2.05, 4.69) is 17.1 Å². The third-order valence-corrected chi connectivity index (χ3v) is 21.6. The lowest BCUT2D eigenvalue weighted by atomic mass is 9.44. The van der Waals surface area contributed by atoms with Gasteiger partial charge >= 0.3 is 29.8 Å². The highest BCUT2D eigenvalue weighted by Crippen LogP contribution is 2.64. The summed E-state index contributed by atoms with van der Waals surface area (Å²) in [6.07, 6.45) is -0.150. The highest BCUT2D eigenvalue weighted by molar-refractivity contribution is 8.47. The van der Waals surface area contributed by atoms with Gasteiger partial charge in [0, 0.05) is 57.4 Å². The maximum Gasteiger partial charge on any atom is 0.350 e. The second-order valence-electron chi connectivity index (χ2n) is 25.4. The van der Waals surface area contributed by atoms with E-state index in [1.54, 1.807) is 73.7 Å². The normalized spacial score (nSPS) is 26.3. The number of thiocarbonyl (C=S) groups is 1. The van der Waals surface area contributed by atoms with Gasteiger partial charge in [0.15, 0.2) is 17.5 Å². The van der Waals surface area contributed by atoms with Crippen LogP contribution in [0.15, 0.2) is 102 Å². The quantitative estimate of drug-likeness (QED) is 0.0126. The number of fused-ring (bicyclic) bond motifs is 5. The van der Waals surface area contributed by atoms with E-state index in [0.717, 1.165) is 50.6 Å². The smallest absolute Gasteiger partial charge is 0.350 e. The molecular weight excluding hydrogens is 1220 g/mol. The molecule has 22 heteroatoms. The number of hydrogen-bond donors (Lipinski definition) is 4. The number of esters is 5. The Bertz CT molecular complexity index is 3200. The first-order valence-electron chi connectivity index (χ1n) is 31.4. The predicted octanol–water partition coefficient (Wildman–Crippen LogP) is 10.7. The van der Waals surface area contributed by atoms with Crippen LogP contribution >= 0.6 is 35.7 Å². The average Bonchev–Trinajstić information content (AvgIpc) is 0.671. The number of benzene rings is 3. The molecule has 3 aromatic rings. The predicted molar refractivity (Wildman–Crippen MR) is 348 cm³/mol. The van der Waals surface area contributed by atoms with Gasteiger partial charge in [-0.05, 0) is 67.0 Å². The molecule has 5 N–H and O–H groups in total. The molecule has 3 aromatic carbocycles. The Morgan fingerprint density at radius 3 is 1.98 bits per heavy atom. The minimum absolute atomic E-state index is 0.0208. The molecule has 13 atom stereocenters. The number of ketones is 1. The SMILES string of the molecule is [C-]#[N+]C(C)(CCC(=O)O[C@H](C(=O)O[C@@H]1C[C@@]2(O)[C@H](OC(=O)c3ccccc3)[C@H]3C4(OC(C)=O)CO[C@@H]4C[C@H](O)[C@@]3(C)C(=O)[C@H](OC(C)=O)C(=C1C)C2(C)C)[C@H](NC(=O)c1ccccc1)c1ccccc1)CC(SC(=S)SCCCCCCCCCCCC)C(N)=O. The number of nitrogens with two attached hydrogens (primary N) is 1. The second-order valence-corrected chi connectivity index (χ2v) is 28.9. The average molecular weight is 1310 g/mol. The number of nitrogens with one attached hydrogen (secondary N) is 1. The standard InChI is InChI=1S/C69H87N3O16S3/c1-10-11-12-13-14-15-16-17-18-28-37-90-64(89)91-49(60(70)78)40-66(7,71-9)36-35-52(76)86-56(54(45-29-22-19-23-30-45)72-61(79)46-31-24-20-25-32-46)63(81)85-48-39-69(82)59(87-62(80)47-33-26-21-27-34-47)57-67(8,50(75)38-51-68(57,41-83-51)88-44(4)74)58(77)55(84-43(3)73)53(42(48)2)65(69,5)6/h19-27,29-34,48-51,54-57,59,75,82H,10-18,28,35-41H2,1-8H3,(H2,70,78)(H,72,79)/t48-,49?,50+,51-,54-,55-,56+,57-,59-,66?,67-,68?,69-/m1/s1. The lowest BCUT2D eigenvalue weighted by Crippen LogP contribution is -2.82. The van der Waals surface area contributed by atoms with Gasteiger partial charge in [0.25, 0.3) is 5.91 Å². The Hall–Kier alpha value is -6.48. The summed E-state index contributed by atoms with van der Waals surface area (Å²) in [5, 5.41) is 28.4. The molecule has 19 nitrogen and oxygen atoms in total. The van der Waals surface area contributed by atoms with Crippen LogP contribution < -0.4 is 11.1 Å². The van der Waals surface area contributed by atoms with Crippen LogP contribution in [0.4, 0.5) is 0 Å². The molecule has 91 heavy (non-hydrogen) atoms. The molecule has 2 bridgehead atoms. The first-order chi connectivity index (χ1) is 43.2. The van der Waals surface area contributed by atoms with Crippen molar-refractivity contribution < 1.29 is 77.0 Å². The number of rotatable bonds is 29. The van der Waals surface area contributed by atoms with E-state index in [4.69, 9.17) is 52.9 Å². The van der Waals surface area contributed by atoms with Crippen LogP contribution in [-0.2, 0) is 57.2 Å². The number of amides is 2. The van der Waals surface area contributed by atoms with Gasteiger partial charge in [0.2, 0.25) is 17.6 Å². The van der Waals surface area contributed by atoms with Gasteiger partial charge in [-0.25, -0.2) is 16.2 Å². The zero-order valence-corrected chi connectivity index (χ0v) is 55.7. The number of unbranched alkanes of at least 4 members (excludes halogenated alkanes) is 9. The highest BCUT2D eigenvalue weighted by Gasteiger charge is 2.78. The summed E-state index contributed by atoms with van der Waals surface area (Å²) in [7, 11) is 0. The Morgan fingerprint density at radius 2 is 1.43 bits per heavy atom. The van der Waals surface area contributed by atoms with Crippen LogP contribution in [0.25, 0.3) is 4.85 Å². The van der Waals surface area contributed by atoms with Crippen LogP contribution in [0.5, 0.6) is 0 Å². The van der Waals surface area contributed by atoms with Gasteiger partial charge in [0.1, 0.15) is 33.5 Å². The molecule has 3 unspecified atom stereocenters. The Labute approximate surface area is 547 Å². The molecule has 4 aliphatic rings. The largest absolute Gasteiger partial charge is 0.455 e. The lowest BCUT2D eigenvalue weighted by molar-refractivity contribution is -0.346. The number of thioether (sulfide) groups is 2. The monoisotopic (exact) mass is 1310 g/mol. The molecule has 2 saturated carbocycles. The van der Waals surface area contributed by atoms with Gasteiger partial charge in [-0.2, -0.15) is 0 Å². The highest BCUT2D eigenvalue weighted by atomic mass is 32.2. The van der Waals surface area contributed by atoms with Gasteiger partial charge in [-0.1, -0.05) is 169 Å². The lowest BCUT2D eigenvalue weighted by Gasteiger charge is -2.67. The second kappa shape index (κ2) is 31.4. The minimum atomic E-state index is -2.53. The first-order valence-corrected chi connectivity index (χ1v) is 33.7. The molecule has 0 aromatic heterocycles. The van der Waals surface area contributed by atoms with Gasteiger partial charge < -0.3 is 54.5 Å². The van der Waals surface area contributed by atoms with Crippen molar-refractivity contribution in [2.24, 2.45) is 22.5 Å². The van der Waals surface area contributed by atoms with E-state index in [9.17, 15) is 39.0 Å². The summed E-state index contributed by atoms with van der Waals surface area (Å²) in [6, 6.07) is 22.4. The third-order valence-electron chi connectivity index (χ3n) is 18.8. The third kappa shape index (κ3) is 16.5. The van der Waals surface area contributed by atoms with Crippen LogP contribution in [0, 0.1) is 23.3 Å². The Balaban J connectivity index is 1.24. The molecule has 3 fully saturated rings. The van der Waals surface area contributed by atoms with E-state index in [-0.39, 0.29) is 53.7 Å². The summed E-state index contributed by atoms with van der Waals surface area (Å²) in [6.45, 7) is 19.9. The zero-order chi connectivity index (χ0) is 66.5. The Kier molecular flexibility index (Phi) is 24.9. The van der Waals surface area contributed by atoms with Crippen molar-refractivity contribution in [3.8, 4) is 0 Å². The van der Waals surface area contributed by atoms with Crippen molar-refractivity contribution in [3.05, 3.63) is 130 Å². The van der Waals surface area contributed by atoms with E-state index in [1.807, 2.05) is 0 Å². The molecule has 0 spiro atoms. The van der Waals surface area contributed by atoms with Crippen LogP contribution in [0.1, 0.15) is 184 Å². The maximum atomic E-state index is 15.9. The molecule has 1 aliphatic heterocycles. The number of aliphatic hydroxyl groups excluding tert-OH is 1. The van der Waals surface area contributed by atoms with Crippen molar-refractivity contribution in [1.82, 2.24) is 5.32 Å². The van der Waals surface area contributed by atoms with Crippen molar-refractivity contribution in [2.75, 3.05) is 12.4 Å². The molecule has 0 radical (unpaired) electrons. The van der Waals surface area contributed by atoms with Crippen LogP contribution in [0.3, 0.4) is 0 Å². The van der Waals surface area contributed by atoms with Crippen molar-refractivity contribution in [1.29, 1.82) is 0 Å². The summed E-state index contributed by atoms with van der Waals surface area (Å²) in [5.41, 5.74) is -3.30. The molecular formula is C69H87N3O16S3. The topological polar surface area (TPSA) is 275 Å². The van der Waals surface area contributed by atoms with E-state index >= 15 is 9.59 Å². The molecule has 492 valence electrons. The van der Waals surface area contributed by atoms with Crippen LogP contribution in [-0.4, -0.2) is 132 Å². The minimum Gasteiger partial charge on any atom is -0.455 e. The number of ether oxygens (including phenoxy) is 6. The zero-order valence-electron chi connectivity index (χ0n) is 53.2. The van der Waals surface area contributed by atoms with Gasteiger partial charge in [-0.3, -0.25) is 28.8 Å². The van der Waals surface area contributed by atoms with Crippen LogP contribution in [0.2, 0.25) is 0 Å². The molecule has 3 aliphatic carbocycles. The molecule has 1 heterocycles. The summed E-state index contributed by atoms with van der Waals surface area (Å²) in [4.78, 5) is 119. The summed E-state index contributed by atoms with van der Waals surface area (Å²) < 4.78 is 37.9. The van der Waals surface area contributed by atoms with Gasteiger partial charge in [-0.15, -0.1) is 11.8 Å². The first kappa shape index (κ1) is 72.0. The number of Topliss-reactive ketones (excluding diaryl/α,β-unsaturated/α-hetero) is 1. The number of carbonyl (C=O) groups is 8. The number of hydrogen-bond acceptors (Lipinski definition) is 19. The maximum absolute atomic E-state index is 15.9. The Morgan fingerprint density at radius 1 is 0.846 bits per heavy atom. The number of primary amides is 1.